The standard InChI is InChI=1S/C12H17N3S/c1-4-12(5-2,6-3)16-11-8-7-10(9-13)14-15-11/h7-8H,4-6H2,1-3H3. The molecule has 0 fully saturated rings. The SMILES string of the molecule is CCC(CC)(CC)Sc1ccc(C#N)nn1. The van der Waals surface area contributed by atoms with Crippen molar-refractivity contribution in [2.24, 2.45) is 0 Å². The number of rotatable bonds is 5. The van der Waals surface area contributed by atoms with E-state index in [0.29, 0.717) is 5.69 Å². The lowest BCUT2D eigenvalue weighted by molar-refractivity contribution is 0.530. The Morgan fingerprint density at radius 3 is 2.19 bits per heavy atom. The van der Waals surface area contributed by atoms with E-state index < -0.39 is 0 Å². The van der Waals surface area contributed by atoms with Crippen LogP contribution in [-0.2, 0) is 0 Å². The third-order valence-electron chi connectivity index (χ3n) is 3.01. The van der Waals surface area contributed by atoms with Crippen molar-refractivity contribution in [1.82, 2.24) is 10.2 Å². The number of thioether (sulfide) groups is 1. The normalized spacial score (nSPS) is 11.1. The molecule has 1 aromatic rings. The molecule has 0 unspecified atom stereocenters. The predicted molar refractivity (Wildman–Crippen MR) is 66.2 cm³/mol. The average Bonchev–Trinajstić information content (AvgIpc) is 2.37. The first-order chi connectivity index (χ1) is 7.69. The van der Waals surface area contributed by atoms with E-state index in [-0.39, 0.29) is 4.75 Å². The van der Waals surface area contributed by atoms with E-state index in [1.54, 1.807) is 17.8 Å². The minimum absolute atomic E-state index is 0.253. The summed E-state index contributed by atoms with van der Waals surface area (Å²) < 4.78 is 0.253. The molecule has 1 heterocycles. The molecule has 0 aliphatic heterocycles. The van der Waals surface area contributed by atoms with Crippen LogP contribution in [0.1, 0.15) is 45.7 Å². The van der Waals surface area contributed by atoms with Crippen LogP contribution in [0.15, 0.2) is 17.2 Å². The first kappa shape index (κ1) is 13.0. The first-order valence-electron chi connectivity index (χ1n) is 5.62. The van der Waals surface area contributed by atoms with E-state index >= 15 is 0 Å². The van der Waals surface area contributed by atoms with Gasteiger partial charge >= 0.3 is 0 Å². The highest BCUT2D eigenvalue weighted by atomic mass is 32.2. The van der Waals surface area contributed by atoms with Gasteiger partial charge in [-0.25, -0.2) is 0 Å². The first-order valence-corrected chi connectivity index (χ1v) is 6.44. The third-order valence-corrected chi connectivity index (χ3v) is 4.73. The second-order valence-corrected chi connectivity index (χ2v) is 5.20. The maximum atomic E-state index is 8.64. The summed E-state index contributed by atoms with van der Waals surface area (Å²) in [6, 6.07) is 5.58. The fourth-order valence-corrected chi connectivity index (χ4v) is 2.72. The molecular formula is C12H17N3S. The van der Waals surface area contributed by atoms with Crippen LogP contribution in [0.5, 0.6) is 0 Å². The Hall–Kier alpha value is -1.08. The van der Waals surface area contributed by atoms with Crippen LogP contribution in [0.3, 0.4) is 0 Å². The van der Waals surface area contributed by atoms with Crippen molar-refractivity contribution in [2.75, 3.05) is 0 Å². The van der Waals surface area contributed by atoms with Gasteiger partial charge in [0.1, 0.15) is 11.1 Å². The van der Waals surface area contributed by atoms with Crippen LogP contribution >= 0.6 is 11.8 Å². The summed E-state index contributed by atoms with van der Waals surface area (Å²) in [6.45, 7) is 6.62. The molecule has 0 saturated carbocycles. The minimum atomic E-state index is 0.253. The zero-order valence-corrected chi connectivity index (χ0v) is 10.8. The monoisotopic (exact) mass is 235 g/mol. The molecule has 0 aliphatic carbocycles. The Balaban J connectivity index is 2.82. The molecule has 0 radical (unpaired) electrons. The maximum Gasteiger partial charge on any atom is 0.163 e. The molecule has 0 N–H and O–H groups in total. The lowest BCUT2D eigenvalue weighted by Crippen LogP contribution is -2.21. The van der Waals surface area contributed by atoms with Gasteiger partial charge in [0.15, 0.2) is 5.69 Å². The van der Waals surface area contributed by atoms with Crippen molar-refractivity contribution in [3.63, 3.8) is 0 Å². The highest BCUT2D eigenvalue weighted by Crippen LogP contribution is 2.39. The summed E-state index contributed by atoms with van der Waals surface area (Å²) in [4.78, 5) is 0. The Kier molecular flexibility index (Phi) is 4.75. The van der Waals surface area contributed by atoms with Gasteiger partial charge in [0.25, 0.3) is 0 Å². The van der Waals surface area contributed by atoms with E-state index in [4.69, 9.17) is 5.26 Å². The number of nitriles is 1. The lowest BCUT2D eigenvalue weighted by atomic mass is 9.99. The molecule has 4 heteroatoms. The molecule has 0 atom stereocenters. The molecule has 16 heavy (non-hydrogen) atoms. The molecule has 0 bridgehead atoms. The molecule has 0 aromatic carbocycles. The smallest absolute Gasteiger partial charge is 0.163 e. The van der Waals surface area contributed by atoms with Crippen molar-refractivity contribution in [3.05, 3.63) is 17.8 Å². The van der Waals surface area contributed by atoms with Crippen molar-refractivity contribution >= 4 is 11.8 Å². The van der Waals surface area contributed by atoms with Gasteiger partial charge in [-0.3, -0.25) is 0 Å². The second-order valence-electron chi connectivity index (χ2n) is 3.71. The lowest BCUT2D eigenvalue weighted by Gasteiger charge is -2.28. The summed E-state index contributed by atoms with van der Waals surface area (Å²) in [5.74, 6) is 0. The van der Waals surface area contributed by atoms with E-state index in [9.17, 15) is 0 Å². The zero-order valence-electron chi connectivity index (χ0n) is 10.0. The molecule has 1 rings (SSSR count). The fourth-order valence-electron chi connectivity index (χ4n) is 1.62. The molecule has 86 valence electrons. The quantitative estimate of drug-likeness (QED) is 0.734. The van der Waals surface area contributed by atoms with Gasteiger partial charge < -0.3 is 0 Å². The van der Waals surface area contributed by atoms with Gasteiger partial charge in [0.2, 0.25) is 0 Å². The van der Waals surface area contributed by atoms with Crippen molar-refractivity contribution in [1.29, 1.82) is 5.26 Å². The van der Waals surface area contributed by atoms with Gasteiger partial charge in [-0.1, -0.05) is 32.5 Å². The summed E-state index contributed by atoms with van der Waals surface area (Å²) in [6.07, 6.45) is 3.35. The number of hydrogen-bond acceptors (Lipinski definition) is 4. The van der Waals surface area contributed by atoms with Gasteiger partial charge in [-0.15, -0.1) is 10.2 Å². The molecule has 0 aliphatic rings. The summed E-state index contributed by atoms with van der Waals surface area (Å²) in [5.41, 5.74) is 0.374. The number of hydrogen-bond donors (Lipinski definition) is 0. The molecule has 0 amide bonds. The van der Waals surface area contributed by atoms with Crippen LogP contribution in [0.4, 0.5) is 0 Å². The second kappa shape index (κ2) is 5.86. The Morgan fingerprint density at radius 1 is 1.19 bits per heavy atom. The van der Waals surface area contributed by atoms with Crippen LogP contribution in [0.2, 0.25) is 0 Å². The molecule has 3 nitrogen and oxygen atoms in total. The number of nitrogens with zero attached hydrogens (tertiary/aromatic N) is 3. The van der Waals surface area contributed by atoms with Crippen molar-refractivity contribution in [3.8, 4) is 6.07 Å². The van der Waals surface area contributed by atoms with Crippen LogP contribution < -0.4 is 0 Å². The predicted octanol–water partition coefficient (Wildman–Crippen LogP) is 3.41. The van der Waals surface area contributed by atoms with Gasteiger partial charge in [-0.05, 0) is 31.4 Å². The minimum Gasteiger partial charge on any atom is -0.191 e. The molecule has 0 saturated heterocycles. The topological polar surface area (TPSA) is 49.6 Å². The van der Waals surface area contributed by atoms with Gasteiger partial charge in [0, 0.05) is 4.75 Å². The van der Waals surface area contributed by atoms with E-state index in [1.807, 2.05) is 12.1 Å². The van der Waals surface area contributed by atoms with E-state index in [1.165, 1.54) is 0 Å². The van der Waals surface area contributed by atoms with Crippen molar-refractivity contribution in [2.45, 2.75) is 49.8 Å². The Labute approximate surface area is 101 Å². The average molecular weight is 235 g/mol. The van der Waals surface area contributed by atoms with Crippen LogP contribution in [0.25, 0.3) is 0 Å². The summed E-state index contributed by atoms with van der Waals surface area (Å²) >= 11 is 1.77. The molecule has 0 spiro atoms. The zero-order chi connectivity index (χ0) is 12.0. The highest BCUT2D eigenvalue weighted by Gasteiger charge is 2.25. The van der Waals surface area contributed by atoms with Gasteiger partial charge in [-0.2, -0.15) is 5.26 Å². The summed E-state index contributed by atoms with van der Waals surface area (Å²) in [7, 11) is 0. The van der Waals surface area contributed by atoms with Gasteiger partial charge in [0.05, 0.1) is 0 Å². The largest absolute Gasteiger partial charge is 0.191 e. The van der Waals surface area contributed by atoms with E-state index in [0.717, 1.165) is 24.3 Å². The Bertz CT molecular complexity index is 355. The molecular weight excluding hydrogens is 218 g/mol. The van der Waals surface area contributed by atoms with Crippen LogP contribution in [-0.4, -0.2) is 14.9 Å². The fraction of sp³-hybridized carbons (Fsp3) is 0.583. The number of aromatic nitrogens is 2. The molecule has 1 aromatic heterocycles. The summed E-state index contributed by atoms with van der Waals surface area (Å²) in [5, 5.41) is 17.5. The van der Waals surface area contributed by atoms with Crippen molar-refractivity contribution < 1.29 is 0 Å². The third kappa shape index (κ3) is 2.96. The Morgan fingerprint density at radius 2 is 1.81 bits per heavy atom. The van der Waals surface area contributed by atoms with E-state index in [2.05, 4.69) is 31.0 Å². The van der Waals surface area contributed by atoms with Crippen LogP contribution in [0, 0.1) is 11.3 Å². The highest BCUT2D eigenvalue weighted by molar-refractivity contribution is 8.00. The maximum absolute atomic E-state index is 8.64.